The minimum absolute atomic E-state index is 0.258. The number of carbonyl (C=O) groups is 1. The molecule has 0 unspecified atom stereocenters. The van der Waals surface area contributed by atoms with E-state index in [1.165, 1.54) is 0 Å². The molecule has 0 spiro atoms. The highest BCUT2D eigenvalue weighted by Gasteiger charge is 2.27. The molecule has 0 aliphatic carbocycles. The van der Waals surface area contributed by atoms with Crippen molar-refractivity contribution in [1.82, 2.24) is 0 Å². The summed E-state index contributed by atoms with van der Waals surface area (Å²) in [5.74, 6) is -1.03. The van der Waals surface area contributed by atoms with Crippen LogP contribution in [0.1, 0.15) is 6.92 Å². The van der Waals surface area contributed by atoms with Crippen molar-refractivity contribution < 1.29 is 18.3 Å². The average molecular weight is 136 g/mol. The number of alkyl halides is 2. The Bertz CT molecular complexity index is 131. The van der Waals surface area contributed by atoms with E-state index >= 15 is 0 Å². The van der Waals surface area contributed by atoms with E-state index in [9.17, 15) is 13.6 Å². The van der Waals surface area contributed by atoms with Gasteiger partial charge in [-0.05, 0) is 0 Å². The van der Waals surface area contributed by atoms with Crippen LogP contribution in [0.25, 0.3) is 0 Å². The lowest BCUT2D eigenvalue weighted by Gasteiger charge is -2.08. The van der Waals surface area contributed by atoms with Crippen LogP contribution in [0.3, 0.4) is 0 Å². The highest BCUT2D eigenvalue weighted by atomic mass is 19.3. The topological polar surface area (TPSA) is 26.3 Å². The summed E-state index contributed by atoms with van der Waals surface area (Å²) in [4.78, 5) is 9.87. The molecule has 0 saturated carbocycles. The molecule has 4 heteroatoms. The minimum Gasteiger partial charge on any atom is -0.398 e. The van der Waals surface area contributed by atoms with Crippen LogP contribution in [-0.2, 0) is 9.53 Å². The zero-order chi connectivity index (χ0) is 7.49. The largest absolute Gasteiger partial charge is 0.421 e. The van der Waals surface area contributed by atoms with Gasteiger partial charge in [0, 0.05) is 13.0 Å². The van der Waals surface area contributed by atoms with Gasteiger partial charge in [0.1, 0.15) is 0 Å². The third-order valence-corrected chi connectivity index (χ3v) is 0.517. The van der Waals surface area contributed by atoms with Gasteiger partial charge in [0.25, 0.3) is 0 Å². The van der Waals surface area contributed by atoms with Gasteiger partial charge in [0.15, 0.2) is 0 Å². The molecule has 0 heterocycles. The number of esters is 1. The Morgan fingerprint density at radius 2 is 2.22 bits per heavy atom. The number of hydrogen-bond acceptors (Lipinski definition) is 2. The summed E-state index contributed by atoms with van der Waals surface area (Å²) in [6.45, 7) is 3.66. The van der Waals surface area contributed by atoms with Crippen molar-refractivity contribution >= 4 is 5.97 Å². The van der Waals surface area contributed by atoms with E-state index in [0.717, 1.165) is 6.92 Å². The van der Waals surface area contributed by atoms with Gasteiger partial charge in [0.2, 0.25) is 0 Å². The molecule has 9 heavy (non-hydrogen) atoms. The molecule has 0 rings (SSSR count). The van der Waals surface area contributed by atoms with Crippen molar-refractivity contribution in [2.24, 2.45) is 0 Å². The fraction of sp³-hybridized carbons (Fsp3) is 0.400. The van der Waals surface area contributed by atoms with Gasteiger partial charge in [-0.2, -0.15) is 8.78 Å². The van der Waals surface area contributed by atoms with Crippen molar-refractivity contribution in [2.45, 2.75) is 13.0 Å². The number of ether oxygens (including phenoxy) is 1. The van der Waals surface area contributed by atoms with Crippen molar-refractivity contribution in [3.05, 3.63) is 12.7 Å². The first-order valence-electron chi connectivity index (χ1n) is 2.19. The second-order valence-electron chi connectivity index (χ2n) is 1.36. The van der Waals surface area contributed by atoms with Gasteiger partial charge in [-0.15, -0.1) is 0 Å². The Balaban J connectivity index is 3.86. The van der Waals surface area contributed by atoms with E-state index in [-0.39, 0.29) is 6.08 Å². The molecule has 0 bridgehead atoms. The highest BCUT2D eigenvalue weighted by molar-refractivity contribution is 5.66. The van der Waals surface area contributed by atoms with Crippen LogP contribution in [0.4, 0.5) is 8.78 Å². The molecule has 0 aliphatic heterocycles. The lowest BCUT2D eigenvalue weighted by atomic mass is 10.6. The first-order chi connectivity index (χ1) is 3.98. The van der Waals surface area contributed by atoms with Gasteiger partial charge < -0.3 is 4.74 Å². The molecule has 0 aromatic rings. The van der Waals surface area contributed by atoms with E-state index in [1.807, 2.05) is 0 Å². The lowest BCUT2D eigenvalue weighted by molar-refractivity contribution is -0.205. The Morgan fingerprint density at radius 3 is 2.33 bits per heavy atom. The SMILES string of the molecule is C=CC(F)(F)OC(C)=O. The summed E-state index contributed by atoms with van der Waals surface area (Å²) in [5, 5.41) is 0. The summed E-state index contributed by atoms with van der Waals surface area (Å²) >= 11 is 0. The molecular formula is C5H6F2O2. The normalized spacial score (nSPS) is 10.6. The summed E-state index contributed by atoms with van der Waals surface area (Å²) in [6.07, 6.45) is -3.26. The van der Waals surface area contributed by atoms with Gasteiger partial charge in [-0.3, -0.25) is 4.79 Å². The van der Waals surface area contributed by atoms with E-state index in [1.54, 1.807) is 0 Å². The van der Waals surface area contributed by atoms with Gasteiger partial charge in [-0.25, -0.2) is 0 Å². The van der Waals surface area contributed by atoms with Gasteiger partial charge >= 0.3 is 12.1 Å². The fourth-order valence-electron chi connectivity index (χ4n) is 0.233. The third-order valence-electron chi connectivity index (χ3n) is 0.517. The Labute approximate surface area is 51.1 Å². The first kappa shape index (κ1) is 8.07. The number of carbonyl (C=O) groups excluding carboxylic acids is 1. The lowest BCUT2D eigenvalue weighted by Crippen LogP contribution is -2.19. The quantitative estimate of drug-likeness (QED) is 0.422. The van der Waals surface area contributed by atoms with Crippen LogP contribution in [-0.4, -0.2) is 12.1 Å². The van der Waals surface area contributed by atoms with Crippen molar-refractivity contribution in [3.8, 4) is 0 Å². The molecule has 0 aromatic heterocycles. The van der Waals surface area contributed by atoms with Crippen molar-refractivity contribution in [2.75, 3.05) is 0 Å². The van der Waals surface area contributed by atoms with Crippen LogP contribution >= 0.6 is 0 Å². The van der Waals surface area contributed by atoms with Crippen LogP contribution in [0, 0.1) is 0 Å². The zero-order valence-electron chi connectivity index (χ0n) is 4.86. The van der Waals surface area contributed by atoms with Gasteiger partial charge in [0.05, 0.1) is 0 Å². The minimum atomic E-state index is -3.52. The van der Waals surface area contributed by atoms with Crippen LogP contribution in [0.15, 0.2) is 12.7 Å². The maximum Gasteiger partial charge on any atom is 0.421 e. The highest BCUT2D eigenvalue weighted by Crippen LogP contribution is 2.15. The van der Waals surface area contributed by atoms with Crippen molar-refractivity contribution in [1.29, 1.82) is 0 Å². The first-order valence-corrected chi connectivity index (χ1v) is 2.19. The molecule has 0 fully saturated rings. The van der Waals surface area contributed by atoms with Crippen molar-refractivity contribution in [3.63, 3.8) is 0 Å². The molecule has 0 saturated heterocycles. The smallest absolute Gasteiger partial charge is 0.398 e. The maximum absolute atomic E-state index is 11.8. The summed E-state index contributed by atoms with van der Waals surface area (Å²) < 4.78 is 27.2. The Morgan fingerprint density at radius 1 is 1.78 bits per heavy atom. The second-order valence-corrected chi connectivity index (χ2v) is 1.36. The van der Waals surface area contributed by atoms with E-state index in [0.29, 0.717) is 0 Å². The standard InChI is InChI=1S/C5H6F2O2/c1-3-5(6,7)9-4(2)8/h3H,1H2,2H3. The molecule has 0 amide bonds. The van der Waals surface area contributed by atoms with Crippen LogP contribution in [0.2, 0.25) is 0 Å². The third kappa shape index (κ3) is 3.64. The molecule has 0 N–H and O–H groups in total. The van der Waals surface area contributed by atoms with E-state index in [2.05, 4.69) is 11.3 Å². The fourth-order valence-corrected chi connectivity index (χ4v) is 0.233. The molecule has 0 atom stereocenters. The number of rotatable bonds is 2. The predicted octanol–water partition coefficient (Wildman–Crippen LogP) is 1.33. The molecule has 52 valence electrons. The molecule has 2 nitrogen and oxygen atoms in total. The van der Waals surface area contributed by atoms with Crippen LogP contribution in [0.5, 0.6) is 0 Å². The number of halogens is 2. The zero-order valence-corrected chi connectivity index (χ0v) is 4.86. The molecule has 0 aromatic carbocycles. The summed E-state index contributed by atoms with van der Waals surface area (Å²) in [7, 11) is 0. The Kier molecular flexibility index (Phi) is 2.30. The Hall–Kier alpha value is -0.930. The maximum atomic E-state index is 11.8. The molecule has 0 aliphatic rings. The second kappa shape index (κ2) is 2.57. The molecule has 0 radical (unpaired) electrons. The summed E-state index contributed by atoms with van der Waals surface area (Å²) in [5.41, 5.74) is 0. The predicted molar refractivity (Wildman–Crippen MR) is 26.9 cm³/mol. The summed E-state index contributed by atoms with van der Waals surface area (Å²) in [6, 6.07) is 0. The van der Waals surface area contributed by atoms with Crippen LogP contribution < -0.4 is 0 Å². The average Bonchev–Trinajstić information content (AvgIpc) is 1.63. The number of hydrogen-bond donors (Lipinski definition) is 0. The van der Waals surface area contributed by atoms with Gasteiger partial charge in [-0.1, -0.05) is 6.58 Å². The van der Waals surface area contributed by atoms with E-state index < -0.39 is 12.1 Å². The monoisotopic (exact) mass is 136 g/mol. The van der Waals surface area contributed by atoms with E-state index in [4.69, 9.17) is 0 Å². The molecular weight excluding hydrogens is 130 g/mol.